The average Bonchev–Trinajstić information content (AvgIpc) is 3.22. The van der Waals surface area contributed by atoms with Gasteiger partial charge < -0.3 is 14.3 Å². The van der Waals surface area contributed by atoms with E-state index in [1.54, 1.807) is 19.1 Å². The predicted molar refractivity (Wildman–Crippen MR) is 80.0 cm³/mol. The number of carbonyl (C=O) groups excluding carboxylic acids is 4. The molecule has 3 fully saturated rings. The molecule has 0 radical (unpaired) electrons. The number of nitrogens with zero attached hydrogens (tertiary/aromatic N) is 1. The molecule has 8 heteroatoms. The normalized spacial score (nSPS) is 29.2. The molecule has 1 aromatic carbocycles. The lowest BCUT2D eigenvalue weighted by Gasteiger charge is -2.40. The van der Waals surface area contributed by atoms with Crippen molar-refractivity contribution in [3.05, 3.63) is 35.4 Å². The number of imide groups is 1. The fraction of sp³-hybridized carbons (Fsp3) is 0.412. The maximum atomic E-state index is 12.5. The molecule has 0 unspecified atom stereocenters. The van der Waals surface area contributed by atoms with E-state index in [0.717, 1.165) is 0 Å². The van der Waals surface area contributed by atoms with E-state index in [1.807, 2.05) is 0 Å². The Balaban J connectivity index is 1.48. The van der Waals surface area contributed by atoms with Crippen LogP contribution in [0.3, 0.4) is 0 Å². The second-order valence-corrected chi connectivity index (χ2v) is 6.47. The van der Waals surface area contributed by atoms with Crippen LogP contribution in [0, 0.1) is 5.41 Å². The van der Waals surface area contributed by atoms with Crippen LogP contribution in [0.2, 0.25) is 0 Å². The van der Waals surface area contributed by atoms with Gasteiger partial charge in [-0.1, -0.05) is 17.2 Å². The van der Waals surface area contributed by atoms with Crippen molar-refractivity contribution in [1.29, 1.82) is 0 Å². The first-order valence-corrected chi connectivity index (χ1v) is 7.94. The maximum absolute atomic E-state index is 12.5. The van der Waals surface area contributed by atoms with Crippen LogP contribution in [0.5, 0.6) is 0 Å². The van der Waals surface area contributed by atoms with Crippen LogP contribution >= 0.6 is 0 Å². The lowest BCUT2D eigenvalue weighted by Crippen LogP contribution is -2.55. The number of rotatable bonds is 4. The van der Waals surface area contributed by atoms with E-state index in [-0.39, 0.29) is 37.2 Å². The van der Waals surface area contributed by atoms with Crippen molar-refractivity contribution in [1.82, 2.24) is 5.06 Å². The molecule has 2 amide bonds. The molecule has 2 saturated heterocycles. The van der Waals surface area contributed by atoms with E-state index >= 15 is 0 Å². The predicted octanol–water partition coefficient (Wildman–Crippen LogP) is 0.853. The minimum absolute atomic E-state index is 0.0586. The molecule has 4 aliphatic rings. The van der Waals surface area contributed by atoms with Gasteiger partial charge in [0.15, 0.2) is 5.60 Å². The number of ether oxygens (including phenoxy) is 2. The molecule has 130 valence electrons. The average molecular weight is 345 g/mol. The summed E-state index contributed by atoms with van der Waals surface area (Å²) in [5.74, 6) is -2.64. The van der Waals surface area contributed by atoms with Crippen molar-refractivity contribution >= 4 is 23.8 Å². The molecule has 2 bridgehead atoms. The zero-order valence-corrected chi connectivity index (χ0v) is 13.4. The number of hydrogen-bond acceptors (Lipinski definition) is 7. The number of fused-ring (bicyclic) bond motifs is 2. The van der Waals surface area contributed by atoms with Crippen LogP contribution in [0.25, 0.3) is 0 Å². The monoisotopic (exact) mass is 345 g/mol. The number of carbonyl (C=O) groups is 4. The van der Waals surface area contributed by atoms with Crippen LogP contribution in [0.15, 0.2) is 24.3 Å². The van der Waals surface area contributed by atoms with Gasteiger partial charge in [-0.05, 0) is 19.1 Å². The van der Waals surface area contributed by atoms with Gasteiger partial charge in [-0.15, -0.1) is 0 Å². The summed E-state index contributed by atoms with van der Waals surface area (Å²) in [6.07, 6.45) is 0.252. The Kier molecular flexibility index (Phi) is 3.23. The number of hydroxylamine groups is 2. The molecule has 25 heavy (non-hydrogen) atoms. The summed E-state index contributed by atoms with van der Waals surface area (Å²) in [4.78, 5) is 54.0. The van der Waals surface area contributed by atoms with E-state index in [1.165, 1.54) is 12.1 Å². The second-order valence-electron chi connectivity index (χ2n) is 6.47. The summed E-state index contributed by atoms with van der Waals surface area (Å²) in [5.41, 5.74) is -1.78. The van der Waals surface area contributed by atoms with Crippen molar-refractivity contribution in [3.63, 3.8) is 0 Å². The van der Waals surface area contributed by atoms with Crippen molar-refractivity contribution in [3.8, 4) is 0 Å². The Morgan fingerprint density at radius 2 is 1.72 bits per heavy atom. The SMILES string of the molecule is CCOC(=O)C12COC(C(=O)ON3C(=O)c4ccccc4C3=O)(C1)C2. The standard InChI is InChI=1S/C17H15NO7/c1-2-23-14(21)16-7-17(8-16,24-9-16)15(22)25-18-12(19)10-5-3-4-6-11(10)13(18)20/h3-6H,2,7-9H2,1H3. The van der Waals surface area contributed by atoms with Crippen molar-refractivity contribution < 1.29 is 33.5 Å². The van der Waals surface area contributed by atoms with E-state index in [9.17, 15) is 19.2 Å². The summed E-state index contributed by atoms with van der Waals surface area (Å²) < 4.78 is 10.5. The molecular weight excluding hydrogens is 330 g/mol. The summed E-state index contributed by atoms with van der Waals surface area (Å²) in [7, 11) is 0. The molecule has 3 heterocycles. The van der Waals surface area contributed by atoms with Crippen molar-refractivity contribution in [2.24, 2.45) is 5.41 Å². The molecule has 3 aliphatic heterocycles. The van der Waals surface area contributed by atoms with Crippen LogP contribution in [-0.4, -0.2) is 47.6 Å². The Morgan fingerprint density at radius 3 is 2.28 bits per heavy atom. The molecule has 8 nitrogen and oxygen atoms in total. The quantitative estimate of drug-likeness (QED) is 0.589. The maximum Gasteiger partial charge on any atom is 0.364 e. The van der Waals surface area contributed by atoms with Crippen LogP contribution in [-0.2, 0) is 23.9 Å². The highest BCUT2D eigenvalue weighted by atomic mass is 16.7. The highest BCUT2D eigenvalue weighted by Gasteiger charge is 2.72. The summed E-state index contributed by atoms with van der Waals surface area (Å²) >= 11 is 0. The van der Waals surface area contributed by atoms with Gasteiger partial charge in [0.2, 0.25) is 0 Å². The lowest BCUT2D eigenvalue weighted by molar-refractivity contribution is -0.197. The third-order valence-corrected chi connectivity index (χ3v) is 4.88. The summed E-state index contributed by atoms with van der Waals surface area (Å²) in [6.45, 7) is 2.00. The number of esters is 1. The molecule has 0 N–H and O–H groups in total. The Bertz CT molecular complexity index is 774. The molecule has 1 aliphatic carbocycles. The zero-order valence-electron chi connectivity index (χ0n) is 13.4. The number of benzene rings is 1. The highest BCUT2D eigenvalue weighted by molar-refractivity contribution is 6.21. The van der Waals surface area contributed by atoms with Gasteiger partial charge in [-0.2, -0.15) is 0 Å². The van der Waals surface area contributed by atoms with E-state index in [2.05, 4.69) is 0 Å². The first-order valence-electron chi connectivity index (χ1n) is 7.94. The minimum Gasteiger partial charge on any atom is -0.465 e. The zero-order chi connectivity index (χ0) is 17.8. The Morgan fingerprint density at radius 1 is 1.12 bits per heavy atom. The highest BCUT2D eigenvalue weighted by Crippen LogP contribution is 2.59. The third kappa shape index (κ3) is 2.03. The minimum atomic E-state index is -1.30. The van der Waals surface area contributed by atoms with Gasteiger partial charge in [-0.3, -0.25) is 14.4 Å². The first-order chi connectivity index (χ1) is 11.9. The molecule has 5 rings (SSSR count). The lowest BCUT2D eigenvalue weighted by atomic mass is 9.62. The van der Waals surface area contributed by atoms with Crippen LogP contribution in [0.1, 0.15) is 40.5 Å². The van der Waals surface area contributed by atoms with Gasteiger partial charge in [0.25, 0.3) is 11.8 Å². The fourth-order valence-electron chi connectivity index (χ4n) is 3.63. The Labute approximate surface area is 142 Å². The van der Waals surface area contributed by atoms with Crippen molar-refractivity contribution in [2.75, 3.05) is 13.2 Å². The fourth-order valence-corrected chi connectivity index (χ4v) is 3.63. The molecule has 0 aromatic heterocycles. The first kappa shape index (κ1) is 15.8. The second kappa shape index (κ2) is 5.13. The van der Waals surface area contributed by atoms with Crippen LogP contribution in [0.4, 0.5) is 0 Å². The number of amides is 2. The van der Waals surface area contributed by atoms with Crippen molar-refractivity contribution in [2.45, 2.75) is 25.4 Å². The molecule has 1 aromatic rings. The summed E-state index contributed by atoms with van der Waals surface area (Å²) in [5, 5.41) is 0.452. The molecule has 1 saturated carbocycles. The molecule has 0 atom stereocenters. The van der Waals surface area contributed by atoms with Gasteiger partial charge in [-0.25, -0.2) is 4.79 Å². The Hall–Kier alpha value is -2.74. The van der Waals surface area contributed by atoms with E-state index in [0.29, 0.717) is 5.06 Å². The molecule has 0 spiro atoms. The van der Waals surface area contributed by atoms with Gasteiger partial charge in [0, 0.05) is 12.8 Å². The van der Waals surface area contributed by atoms with Crippen LogP contribution < -0.4 is 0 Å². The number of hydrogen-bond donors (Lipinski definition) is 0. The van der Waals surface area contributed by atoms with E-state index in [4.69, 9.17) is 14.3 Å². The largest absolute Gasteiger partial charge is 0.465 e. The summed E-state index contributed by atoms with van der Waals surface area (Å²) in [6, 6.07) is 6.22. The third-order valence-electron chi connectivity index (χ3n) is 4.88. The smallest absolute Gasteiger partial charge is 0.364 e. The van der Waals surface area contributed by atoms with Gasteiger partial charge in [0.05, 0.1) is 29.8 Å². The van der Waals surface area contributed by atoms with E-state index < -0.39 is 34.8 Å². The molecular formula is C17H15NO7. The van der Waals surface area contributed by atoms with Gasteiger partial charge >= 0.3 is 11.9 Å². The topological polar surface area (TPSA) is 99.2 Å². The van der Waals surface area contributed by atoms with Gasteiger partial charge in [0.1, 0.15) is 0 Å².